The fourth-order valence-corrected chi connectivity index (χ4v) is 2.25. The van der Waals surface area contributed by atoms with Crippen LogP contribution in [0.5, 0.6) is 0 Å². The van der Waals surface area contributed by atoms with E-state index < -0.39 is 35.1 Å². The molecule has 0 aromatic carbocycles. The standard InChI is InChI=1S/C13H21NO6/c1-12(2,3)20-11(19)14-13(10(17)18)6-4-8(5-7-13)9(15)16/h8H,4-7H2,1-3H3,(H,14,19)(H,15,16)(H,17,18). The minimum absolute atomic E-state index is 0.0819. The summed E-state index contributed by atoms with van der Waals surface area (Å²) in [5.41, 5.74) is -2.16. The molecule has 0 aromatic heterocycles. The number of alkyl carbamates (subject to hydrolysis) is 1. The van der Waals surface area contributed by atoms with Crippen LogP contribution in [0.2, 0.25) is 0 Å². The van der Waals surface area contributed by atoms with Crippen molar-refractivity contribution in [1.29, 1.82) is 0 Å². The molecule has 0 aliphatic heterocycles. The Kier molecular flexibility index (Phi) is 4.62. The van der Waals surface area contributed by atoms with Gasteiger partial charge in [0.25, 0.3) is 0 Å². The second kappa shape index (κ2) is 5.68. The summed E-state index contributed by atoms with van der Waals surface area (Å²) in [6.45, 7) is 5.05. The number of rotatable bonds is 3. The zero-order valence-corrected chi connectivity index (χ0v) is 11.9. The molecule has 7 heteroatoms. The summed E-state index contributed by atoms with van der Waals surface area (Å²) in [6, 6.07) is 0. The number of hydrogen-bond donors (Lipinski definition) is 3. The van der Waals surface area contributed by atoms with Crippen molar-refractivity contribution in [2.45, 2.75) is 57.6 Å². The first-order chi connectivity index (χ1) is 9.06. The van der Waals surface area contributed by atoms with Gasteiger partial charge in [-0.2, -0.15) is 0 Å². The number of aliphatic carboxylic acids is 2. The molecule has 0 bridgehead atoms. The average Bonchev–Trinajstić information content (AvgIpc) is 2.26. The van der Waals surface area contributed by atoms with Gasteiger partial charge < -0.3 is 20.3 Å². The lowest BCUT2D eigenvalue weighted by molar-refractivity contribution is -0.151. The average molecular weight is 287 g/mol. The van der Waals surface area contributed by atoms with Gasteiger partial charge in [-0.25, -0.2) is 9.59 Å². The van der Waals surface area contributed by atoms with E-state index in [1.807, 2.05) is 0 Å². The van der Waals surface area contributed by atoms with Crippen LogP contribution in [0.1, 0.15) is 46.5 Å². The molecular weight excluding hydrogens is 266 g/mol. The number of nitrogens with one attached hydrogen (secondary N) is 1. The number of carbonyl (C=O) groups excluding carboxylic acids is 1. The van der Waals surface area contributed by atoms with Crippen LogP contribution in [0.3, 0.4) is 0 Å². The van der Waals surface area contributed by atoms with E-state index in [1.54, 1.807) is 20.8 Å². The van der Waals surface area contributed by atoms with Gasteiger partial charge in [0, 0.05) is 0 Å². The van der Waals surface area contributed by atoms with Gasteiger partial charge in [0.1, 0.15) is 11.1 Å². The van der Waals surface area contributed by atoms with Gasteiger partial charge in [-0.3, -0.25) is 4.79 Å². The number of carboxylic acids is 2. The SMILES string of the molecule is CC(C)(C)OC(=O)NC1(C(=O)O)CCC(C(=O)O)CC1. The summed E-state index contributed by atoms with van der Waals surface area (Å²) < 4.78 is 5.06. The van der Waals surface area contributed by atoms with Crippen LogP contribution >= 0.6 is 0 Å². The number of amides is 1. The third kappa shape index (κ3) is 4.11. The molecule has 114 valence electrons. The van der Waals surface area contributed by atoms with Crippen molar-refractivity contribution in [3.05, 3.63) is 0 Å². The van der Waals surface area contributed by atoms with Crippen molar-refractivity contribution in [3.63, 3.8) is 0 Å². The molecule has 1 aliphatic rings. The molecule has 1 amide bonds. The van der Waals surface area contributed by atoms with E-state index in [9.17, 15) is 19.5 Å². The van der Waals surface area contributed by atoms with Crippen LogP contribution in [-0.4, -0.2) is 39.4 Å². The maximum absolute atomic E-state index is 11.7. The summed E-state index contributed by atoms with van der Waals surface area (Å²) in [5, 5.41) is 20.7. The highest BCUT2D eigenvalue weighted by Gasteiger charge is 2.45. The lowest BCUT2D eigenvalue weighted by atomic mass is 9.76. The molecule has 0 radical (unpaired) electrons. The van der Waals surface area contributed by atoms with Crippen molar-refractivity contribution in [2.24, 2.45) is 5.92 Å². The number of carboxylic acid groups (broad SMARTS) is 2. The lowest BCUT2D eigenvalue weighted by Gasteiger charge is -2.36. The van der Waals surface area contributed by atoms with Crippen LogP contribution in [0, 0.1) is 5.92 Å². The molecule has 0 heterocycles. The zero-order chi connectivity index (χ0) is 15.6. The van der Waals surface area contributed by atoms with Crippen molar-refractivity contribution < 1.29 is 29.3 Å². The van der Waals surface area contributed by atoms with E-state index in [2.05, 4.69) is 5.32 Å². The van der Waals surface area contributed by atoms with E-state index in [4.69, 9.17) is 9.84 Å². The van der Waals surface area contributed by atoms with Gasteiger partial charge in [0.2, 0.25) is 0 Å². The highest BCUT2D eigenvalue weighted by molar-refractivity contribution is 5.85. The van der Waals surface area contributed by atoms with Crippen molar-refractivity contribution in [3.8, 4) is 0 Å². The van der Waals surface area contributed by atoms with Crippen LogP contribution in [0.15, 0.2) is 0 Å². The number of carbonyl (C=O) groups is 3. The molecule has 7 nitrogen and oxygen atoms in total. The molecule has 20 heavy (non-hydrogen) atoms. The molecule has 1 saturated carbocycles. The van der Waals surface area contributed by atoms with Gasteiger partial charge in [-0.1, -0.05) is 0 Å². The smallest absolute Gasteiger partial charge is 0.408 e. The molecule has 0 spiro atoms. The highest BCUT2D eigenvalue weighted by Crippen LogP contribution is 2.33. The molecule has 0 saturated heterocycles. The number of ether oxygens (including phenoxy) is 1. The molecule has 3 N–H and O–H groups in total. The van der Waals surface area contributed by atoms with Gasteiger partial charge in [-0.05, 0) is 46.5 Å². The summed E-state index contributed by atoms with van der Waals surface area (Å²) in [4.78, 5) is 34.1. The maximum atomic E-state index is 11.7. The van der Waals surface area contributed by atoms with Crippen molar-refractivity contribution in [1.82, 2.24) is 5.32 Å². The lowest BCUT2D eigenvalue weighted by Crippen LogP contribution is -2.57. The summed E-state index contributed by atoms with van der Waals surface area (Å²) in [7, 11) is 0. The fourth-order valence-electron chi connectivity index (χ4n) is 2.25. The quantitative estimate of drug-likeness (QED) is 0.726. The van der Waals surface area contributed by atoms with Crippen LogP contribution < -0.4 is 5.32 Å². The first-order valence-corrected chi connectivity index (χ1v) is 6.53. The van der Waals surface area contributed by atoms with Gasteiger partial charge in [0.05, 0.1) is 5.92 Å². The molecule has 0 atom stereocenters. The van der Waals surface area contributed by atoms with Crippen LogP contribution in [0.25, 0.3) is 0 Å². The van der Waals surface area contributed by atoms with Gasteiger partial charge in [-0.15, -0.1) is 0 Å². The van der Waals surface area contributed by atoms with Crippen molar-refractivity contribution in [2.75, 3.05) is 0 Å². The topological polar surface area (TPSA) is 113 Å². The Labute approximate surface area is 117 Å². The van der Waals surface area contributed by atoms with Crippen LogP contribution in [0.4, 0.5) is 4.79 Å². The Bertz CT molecular complexity index is 404. The number of hydrogen-bond acceptors (Lipinski definition) is 4. The molecule has 1 aliphatic carbocycles. The molecule has 1 fully saturated rings. The Morgan fingerprint density at radius 3 is 2.00 bits per heavy atom. The molecule has 1 rings (SSSR count). The summed E-state index contributed by atoms with van der Waals surface area (Å²) in [5.74, 6) is -2.64. The predicted molar refractivity (Wildman–Crippen MR) is 69.3 cm³/mol. The molecule has 0 unspecified atom stereocenters. The van der Waals surface area contributed by atoms with Crippen molar-refractivity contribution >= 4 is 18.0 Å². The zero-order valence-electron chi connectivity index (χ0n) is 11.9. The molecule has 0 aromatic rings. The third-order valence-electron chi connectivity index (χ3n) is 3.34. The van der Waals surface area contributed by atoms with E-state index in [0.29, 0.717) is 0 Å². The minimum Gasteiger partial charge on any atom is -0.481 e. The normalized spacial score (nSPS) is 26.6. The minimum atomic E-state index is -1.44. The van der Waals surface area contributed by atoms with E-state index in [-0.39, 0.29) is 25.7 Å². The first kappa shape index (κ1) is 16.3. The van der Waals surface area contributed by atoms with E-state index in [1.165, 1.54) is 0 Å². The summed E-state index contributed by atoms with van der Waals surface area (Å²) >= 11 is 0. The van der Waals surface area contributed by atoms with Crippen LogP contribution in [-0.2, 0) is 14.3 Å². The fraction of sp³-hybridized carbons (Fsp3) is 0.769. The highest BCUT2D eigenvalue weighted by atomic mass is 16.6. The van der Waals surface area contributed by atoms with E-state index in [0.717, 1.165) is 0 Å². The second-order valence-corrected chi connectivity index (χ2v) is 6.13. The van der Waals surface area contributed by atoms with E-state index >= 15 is 0 Å². The second-order valence-electron chi connectivity index (χ2n) is 6.13. The maximum Gasteiger partial charge on any atom is 0.408 e. The Morgan fingerprint density at radius 1 is 1.15 bits per heavy atom. The molecular formula is C13H21NO6. The largest absolute Gasteiger partial charge is 0.481 e. The third-order valence-corrected chi connectivity index (χ3v) is 3.34. The predicted octanol–water partition coefficient (Wildman–Crippen LogP) is 1.61. The Hall–Kier alpha value is -1.79. The first-order valence-electron chi connectivity index (χ1n) is 6.53. The van der Waals surface area contributed by atoms with Gasteiger partial charge >= 0.3 is 18.0 Å². The monoisotopic (exact) mass is 287 g/mol. The Balaban J connectivity index is 2.73. The van der Waals surface area contributed by atoms with Gasteiger partial charge in [0.15, 0.2) is 0 Å². The Morgan fingerprint density at radius 2 is 1.65 bits per heavy atom. The summed E-state index contributed by atoms with van der Waals surface area (Å²) in [6.07, 6.45) is -0.194.